The molecule has 0 radical (unpaired) electrons. The van der Waals surface area contributed by atoms with Crippen LogP contribution in [0.3, 0.4) is 0 Å². The maximum atomic E-state index is 13.2. The zero-order valence-corrected chi connectivity index (χ0v) is 17.1. The van der Waals surface area contributed by atoms with Crippen molar-refractivity contribution in [2.75, 3.05) is 0 Å². The molecular weight excluding hydrogens is 377 g/mol. The van der Waals surface area contributed by atoms with Gasteiger partial charge >= 0.3 is 0 Å². The summed E-state index contributed by atoms with van der Waals surface area (Å²) < 4.78 is 13.2. The van der Waals surface area contributed by atoms with Gasteiger partial charge in [0.15, 0.2) is 0 Å². The van der Waals surface area contributed by atoms with Crippen LogP contribution in [0.4, 0.5) is 4.39 Å². The van der Waals surface area contributed by atoms with Gasteiger partial charge in [-0.3, -0.25) is 9.79 Å². The predicted molar refractivity (Wildman–Crippen MR) is 120 cm³/mol. The number of hydrogen-bond acceptors (Lipinski definition) is 2. The number of nitrogens with zero attached hydrogens (tertiary/aromatic N) is 1. The standard InChI is InChI=1S/C25H24FN3O/c1-3-20-12-16(2)13-24(27-20)25(30)28-21-6-4-5-7-22-18(14-21)15-23(29-22)17-8-10-19(26)11-9-17/h4-11,13-15,20,29H,3,12H2,1-2H3,(H,28,30)/b5-4?,6-4-,7-5+,18-14?,21-6?,21-14+,22-7?. The Balaban J connectivity index is 1.60. The summed E-state index contributed by atoms with van der Waals surface area (Å²) in [5.74, 6) is -0.471. The largest absolute Gasteiger partial charge is 0.355 e. The summed E-state index contributed by atoms with van der Waals surface area (Å²) >= 11 is 0. The molecule has 0 bridgehead atoms. The molecule has 1 aliphatic heterocycles. The molecule has 0 saturated heterocycles. The van der Waals surface area contributed by atoms with Crippen LogP contribution < -0.4 is 5.32 Å². The van der Waals surface area contributed by atoms with Crippen molar-refractivity contribution in [3.05, 3.63) is 83.0 Å². The van der Waals surface area contributed by atoms with Crippen LogP contribution in [0.2, 0.25) is 0 Å². The SMILES string of the molecule is CCC1CC(C)=CC(C(=O)NC2=C/c3cc(-c4ccc(F)cc4)[nH]c3/C=C/C=C\2)=N1. The maximum Gasteiger partial charge on any atom is 0.273 e. The fourth-order valence-corrected chi connectivity index (χ4v) is 3.63. The van der Waals surface area contributed by atoms with Gasteiger partial charge in [-0.25, -0.2) is 4.39 Å². The first-order valence-corrected chi connectivity index (χ1v) is 10.1. The number of aromatic amines is 1. The van der Waals surface area contributed by atoms with Gasteiger partial charge < -0.3 is 10.3 Å². The third-order valence-corrected chi connectivity index (χ3v) is 5.22. The van der Waals surface area contributed by atoms with Crippen molar-refractivity contribution in [1.29, 1.82) is 0 Å². The van der Waals surface area contributed by atoms with Crippen molar-refractivity contribution < 1.29 is 9.18 Å². The number of allylic oxidation sites excluding steroid dienone is 3. The van der Waals surface area contributed by atoms with Crippen LogP contribution in [0.25, 0.3) is 23.4 Å². The van der Waals surface area contributed by atoms with E-state index in [0.717, 1.165) is 35.4 Å². The average molecular weight is 401 g/mol. The van der Waals surface area contributed by atoms with Crippen LogP contribution >= 0.6 is 0 Å². The number of halogens is 1. The summed E-state index contributed by atoms with van der Waals surface area (Å²) in [5.41, 5.74) is 5.96. The Hall–Kier alpha value is -3.47. The second-order valence-electron chi connectivity index (χ2n) is 7.60. The summed E-state index contributed by atoms with van der Waals surface area (Å²) in [6.45, 7) is 4.12. The zero-order chi connectivity index (χ0) is 21.1. The van der Waals surface area contributed by atoms with Crippen molar-refractivity contribution in [1.82, 2.24) is 10.3 Å². The van der Waals surface area contributed by atoms with Gasteiger partial charge in [-0.05, 0) is 80.0 Å². The number of H-pyrrole nitrogens is 1. The van der Waals surface area contributed by atoms with E-state index >= 15 is 0 Å². The van der Waals surface area contributed by atoms with E-state index in [-0.39, 0.29) is 17.8 Å². The van der Waals surface area contributed by atoms with Crippen LogP contribution in [0.15, 0.2) is 70.9 Å². The van der Waals surface area contributed by atoms with E-state index in [0.29, 0.717) is 11.4 Å². The molecule has 4 rings (SSSR count). The number of nitrogens with one attached hydrogen (secondary N) is 2. The van der Waals surface area contributed by atoms with Crippen molar-refractivity contribution in [3.63, 3.8) is 0 Å². The van der Waals surface area contributed by atoms with Crippen LogP contribution in [0.5, 0.6) is 0 Å². The molecule has 2 N–H and O–H groups in total. The lowest BCUT2D eigenvalue weighted by Gasteiger charge is -2.18. The van der Waals surface area contributed by atoms with Crippen LogP contribution in [-0.4, -0.2) is 22.6 Å². The first-order valence-electron chi connectivity index (χ1n) is 10.1. The number of hydrogen-bond donors (Lipinski definition) is 2. The van der Waals surface area contributed by atoms with Crippen LogP contribution in [0, 0.1) is 5.82 Å². The summed E-state index contributed by atoms with van der Waals surface area (Å²) in [6, 6.07) is 8.52. The lowest BCUT2D eigenvalue weighted by molar-refractivity contribution is -0.114. The highest BCUT2D eigenvalue weighted by Gasteiger charge is 2.18. The summed E-state index contributed by atoms with van der Waals surface area (Å²) in [6.07, 6.45) is 13.2. The Morgan fingerprint density at radius 2 is 1.97 bits per heavy atom. The second-order valence-corrected chi connectivity index (χ2v) is 7.60. The molecule has 0 spiro atoms. The van der Waals surface area contributed by atoms with E-state index in [4.69, 9.17) is 0 Å². The molecule has 0 saturated carbocycles. The number of carbonyl (C=O) groups is 1. The number of fused-ring (bicyclic) bond motifs is 1. The minimum atomic E-state index is -0.266. The molecule has 1 aromatic carbocycles. The number of carbonyl (C=O) groups excluding carboxylic acids is 1. The number of aliphatic imine (C=N–C) groups is 1. The van der Waals surface area contributed by atoms with E-state index in [9.17, 15) is 9.18 Å². The van der Waals surface area contributed by atoms with Gasteiger partial charge in [0.2, 0.25) is 0 Å². The van der Waals surface area contributed by atoms with Gasteiger partial charge in [0.25, 0.3) is 5.91 Å². The number of rotatable bonds is 4. The highest BCUT2D eigenvalue weighted by Crippen LogP contribution is 2.26. The Bertz CT molecular complexity index is 1110. The van der Waals surface area contributed by atoms with Gasteiger partial charge in [0.1, 0.15) is 11.5 Å². The van der Waals surface area contributed by atoms with Gasteiger partial charge in [-0.15, -0.1) is 0 Å². The molecule has 2 heterocycles. The average Bonchev–Trinajstić information content (AvgIpc) is 3.10. The highest BCUT2D eigenvalue weighted by atomic mass is 19.1. The highest BCUT2D eigenvalue weighted by molar-refractivity contribution is 6.44. The van der Waals surface area contributed by atoms with E-state index in [1.165, 1.54) is 17.7 Å². The molecule has 2 aliphatic rings. The normalized spacial score (nSPS) is 21.8. The van der Waals surface area contributed by atoms with E-state index in [2.05, 4.69) is 22.2 Å². The molecule has 1 aliphatic carbocycles. The smallest absolute Gasteiger partial charge is 0.273 e. The minimum Gasteiger partial charge on any atom is -0.355 e. The Labute approximate surface area is 175 Å². The van der Waals surface area contributed by atoms with Crippen LogP contribution in [-0.2, 0) is 4.79 Å². The van der Waals surface area contributed by atoms with E-state index in [1.54, 1.807) is 12.1 Å². The number of amides is 1. The molecule has 152 valence electrons. The third-order valence-electron chi connectivity index (χ3n) is 5.22. The molecule has 2 aromatic rings. The molecule has 30 heavy (non-hydrogen) atoms. The Morgan fingerprint density at radius 3 is 2.73 bits per heavy atom. The predicted octanol–water partition coefficient (Wildman–Crippen LogP) is 5.43. The molecular formula is C25H24FN3O. The first kappa shape index (κ1) is 19.8. The lowest BCUT2D eigenvalue weighted by atomic mass is 10.0. The van der Waals surface area contributed by atoms with Gasteiger partial charge in [0, 0.05) is 22.6 Å². The number of dihydropyridines is 1. The fraction of sp³-hybridized carbons (Fsp3) is 0.200. The van der Waals surface area contributed by atoms with Crippen molar-refractivity contribution in [2.45, 2.75) is 32.7 Å². The molecule has 4 nitrogen and oxygen atoms in total. The van der Waals surface area contributed by atoms with Crippen molar-refractivity contribution >= 4 is 23.8 Å². The molecule has 0 fully saturated rings. The number of benzene rings is 1. The summed E-state index contributed by atoms with van der Waals surface area (Å²) in [4.78, 5) is 20.8. The van der Waals surface area contributed by atoms with Crippen molar-refractivity contribution in [2.24, 2.45) is 4.99 Å². The molecule has 5 heteroatoms. The monoisotopic (exact) mass is 401 g/mol. The fourth-order valence-electron chi connectivity index (χ4n) is 3.63. The summed E-state index contributed by atoms with van der Waals surface area (Å²) in [5, 5.41) is 2.98. The second kappa shape index (κ2) is 8.49. The van der Waals surface area contributed by atoms with E-state index in [1.807, 2.05) is 49.4 Å². The van der Waals surface area contributed by atoms with Crippen molar-refractivity contribution in [3.8, 4) is 11.3 Å². The first-order chi connectivity index (χ1) is 14.5. The molecule has 1 amide bonds. The molecule has 1 aromatic heterocycles. The molecule has 1 atom stereocenters. The van der Waals surface area contributed by atoms with Gasteiger partial charge in [0.05, 0.1) is 6.04 Å². The van der Waals surface area contributed by atoms with Crippen LogP contribution in [0.1, 0.15) is 37.9 Å². The minimum absolute atomic E-state index is 0.162. The zero-order valence-electron chi connectivity index (χ0n) is 17.1. The Kier molecular flexibility index (Phi) is 5.61. The summed E-state index contributed by atoms with van der Waals surface area (Å²) in [7, 11) is 0. The maximum absolute atomic E-state index is 13.2. The third kappa shape index (κ3) is 4.40. The van der Waals surface area contributed by atoms with Gasteiger partial charge in [-0.1, -0.05) is 24.6 Å². The number of aromatic nitrogens is 1. The topological polar surface area (TPSA) is 57.2 Å². The lowest BCUT2D eigenvalue weighted by Crippen LogP contribution is -2.31. The molecule has 1 unspecified atom stereocenters. The quantitative estimate of drug-likeness (QED) is 0.705. The van der Waals surface area contributed by atoms with Gasteiger partial charge in [-0.2, -0.15) is 0 Å². The van der Waals surface area contributed by atoms with E-state index < -0.39 is 0 Å². The Morgan fingerprint density at radius 1 is 1.20 bits per heavy atom.